The molecule has 0 aromatic heterocycles. The van der Waals surface area contributed by atoms with Gasteiger partial charge < -0.3 is 4.74 Å². The molecule has 1 aliphatic carbocycles. The Hall–Kier alpha value is -2.55. The first kappa shape index (κ1) is 17.8. The third-order valence-electron chi connectivity index (χ3n) is 3.88. The molecule has 0 aliphatic heterocycles. The molecule has 0 heterocycles. The van der Waals surface area contributed by atoms with Crippen LogP contribution in [0.25, 0.3) is 0 Å². The van der Waals surface area contributed by atoms with Crippen LogP contribution >= 0.6 is 0 Å². The van der Waals surface area contributed by atoms with Crippen LogP contribution in [0.1, 0.15) is 36.0 Å². The van der Waals surface area contributed by atoms with Gasteiger partial charge in [0.2, 0.25) is 0 Å². The Labute approximate surface area is 138 Å². The van der Waals surface area contributed by atoms with Gasteiger partial charge in [-0.25, -0.2) is 13.6 Å². The molecule has 0 bridgehead atoms. The van der Waals surface area contributed by atoms with Crippen molar-refractivity contribution in [1.82, 2.24) is 0 Å². The molecule has 3 nitrogen and oxygen atoms in total. The van der Waals surface area contributed by atoms with E-state index >= 15 is 0 Å². The summed E-state index contributed by atoms with van der Waals surface area (Å²) in [4.78, 5) is 11.9. The summed E-state index contributed by atoms with van der Waals surface area (Å²) in [5.74, 6) is -3.39. The Bertz CT molecular complexity index is 699. The van der Waals surface area contributed by atoms with Crippen LogP contribution in [0.5, 0.6) is 0 Å². The van der Waals surface area contributed by atoms with Crippen LogP contribution in [0.15, 0.2) is 42.3 Å². The lowest BCUT2D eigenvalue weighted by Gasteiger charge is -2.26. The second-order valence-electron chi connectivity index (χ2n) is 5.58. The molecule has 1 aromatic rings. The number of hydrogen-bond acceptors (Lipinski definition) is 3. The molecule has 1 aliphatic rings. The fourth-order valence-corrected chi connectivity index (χ4v) is 2.58. The lowest BCUT2D eigenvalue weighted by Crippen LogP contribution is -2.24. The number of esters is 1. The summed E-state index contributed by atoms with van der Waals surface area (Å²) in [6.45, 7) is 0. The molecular formula is C18H16F3NO2. The van der Waals surface area contributed by atoms with Crippen molar-refractivity contribution in [3.8, 4) is 6.07 Å². The molecule has 1 saturated carbocycles. The van der Waals surface area contributed by atoms with Gasteiger partial charge in [-0.3, -0.25) is 0 Å². The molecule has 0 atom stereocenters. The highest BCUT2D eigenvalue weighted by molar-refractivity contribution is 5.89. The SMILES string of the molecule is N#CC(F)=C/C=C/C1CCC(OC(=O)c2ccc(F)c(F)c2)CC1. The number of ether oxygens (including phenoxy) is 1. The standard InChI is InChI=1S/C18H16F3NO2/c19-14(11-22)3-1-2-12-4-7-15(8-5-12)24-18(23)13-6-9-16(20)17(21)10-13/h1-3,6,9-10,12,15H,4-5,7-8H2/b2-1+,14-3?. The third kappa shape index (κ3) is 4.98. The molecule has 6 heteroatoms. The number of nitriles is 1. The summed E-state index contributed by atoms with van der Waals surface area (Å²) in [6, 6.07) is 4.29. The molecule has 0 amide bonds. The van der Waals surface area contributed by atoms with Crippen molar-refractivity contribution in [2.45, 2.75) is 31.8 Å². The number of halogens is 3. The molecular weight excluding hydrogens is 319 g/mol. The van der Waals surface area contributed by atoms with Crippen LogP contribution in [-0.4, -0.2) is 12.1 Å². The van der Waals surface area contributed by atoms with Crippen LogP contribution in [0.2, 0.25) is 0 Å². The molecule has 0 radical (unpaired) electrons. The lowest BCUT2D eigenvalue weighted by atomic mass is 9.87. The second-order valence-corrected chi connectivity index (χ2v) is 5.58. The highest BCUT2D eigenvalue weighted by atomic mass is 19.2. The molecule has 0 N–H and O–H groups in total. The number of rotatable bonds is 4. The van der Waals surface area contributed by atoms with Crippen LogP contribution in [0, 0.1) is 28.9 Å². The van der Waals surface area contributed by atoms with E-state index in [1.165, 1.54) is 18.2 Å². The van der Waals surface area contributed by atoms with Crippen molar-refractivity contribution in [2.24, 2.45) is 5.92 Å². The zero-order chi connectivity index (χ0) is 17.5. The average Bonchev–Trinajstić information content (AvgIpc) is 2.58. The van der Waals surface area contributed by atoms with Crippen LogP contribution in [0.4, 0.5) is 13.2 Å². The highest BCUT2D eigenvalue weighted by Crippen LogP contribution is 2.28. The molecule has 24 heavy (non-hydrogen) atoms. The maximum absolute atomic E-state index is 13.1. The van der Waals surface area contributed by atoms with Gasteiger partial charge in [-0.15, -0.1) is 0 Å². The predicted molar refractivity (Wildman–Crippen MR) is 81.5 cm³/mol. The van der Waals surface area contributed by atoms with E-state index in [0.29, 0.717) is 12.8 Å². The zero-order valence-electron chi connectivity index (χ0n) is 12.8. The Kier molecular flexibility index (Phi) is 6.19. The van der Waals surface area contributed by atoms with Crippen LogP contribution in [-0.2, 0) is 4.74 Å². The molecule has 126 valence electrons. The molecule has 1 fully saturated rings. The van der Waals surface area contributed by atoms with E-state index in [0.717, 1.165) is 31.1 Å². The molecule has 0 saturated heterocycles. The quantitative estimate of drug-likeness (QED) is 0.458. The van der Waals surface area contributed by atoms with E-state index in [1.807, 2.05) is 6.08 Å². The van der Waals surface area contributed by atoms with Gasteiger partial charge in [0.05, 0.1) is 5.56 Å². The van der Waals surface area contributed by atoms with Gasteiger partial charge in [0.15, 0.2) is 17.5 Å². The van der Waals surface area contributed by atoms with Crippen molar-refractivity contribution in [2.75, 3.05) is 0 Å². The first-order valence-electron chi connectivity index (χ1n) is 7.59. The van der Waals surface area contributed by atoms with Crippen molar-refractivity contribution < 1.29 is 22.7 Å². The smallest absolute Gasteiger partial charge is 0.338 e. The number of hydrogen-bond donors (Lipinski definition) is 0. The van der Waals surface area contributed by atoms with E-state index in [9.17, 15) is 18.0 Å². The predicted octanol–water partition coefficient (Wildman–Crippen LogP) is 4.61. The summed E-state index contributed by atoms with van der Waals surface area (Å²) < 4.78 is 43.9. The number of carbonyl (C=O) groups is 1. The summed E-state index contributed by atoms with van der Waals surface area (Å²) in [7, 11) is 0. The van der Waals surface area contributed by atoms with Crippen molar-refractivity contribution >= 4 is 5.97 Å². The van der Waals surface area contributed by atoms with Crippen LogP contribution in [0.3, 0.4) is 0 Å². The zero-order valence-corrected chi connectivity index (χ0v) is 12.8. The summed E-state index contributed by atoms with van der Waals surface area (Å²) in [6.07, 6.45) is 6.95. The minimum absolute atomic E-state index is 0.0203. The number of allylic oxidation sites excluding steroid dienone is 4. The largest absolute Gasteiger partial charge is 0.459 e. The van der Waals surface area contributed by atoms with Gasteiger partial charge in [-0.2, -0.15) is 9.65 Å². The lowest BCUT2D eigenvalue weighted by molar-refractivity contribution is 0.0184. The third-order valence-corrected chi connectivity index (χ3v) is 3.88. The van der Waals surface area contributed by atoms with Gasteiger partial charge in [0.1, 0.15) is 12.2 Å². The normalized spacial score (nSPS) is 21.5. The summed E-state index contributed by atoms with van der Waals surface area (Å²) in [5, 5.41) is 8.30. The van der Waals surface area contributed by atoms with Crippen LogP contribution < -0.4 is 0 Å². The first-order chi connectivity index (χ1) is 11.5. The van der Waals surface area contributed by atoms with Gasteiger partial charge >= 0.3 is 5.97 Å². The number of carbonyl (C=O) groups excluding carboxylic acids is 1. The topological polar surface area (TPSA) is 50.1 Å². The molecule has 2 rings (SSSR count). The Morgan fingerprint density at radius 3 is 2.54 bits per heavy atom. The van der Waals surface area contributed by atoms with Crippen molar-refractivity contribution in [3.05, 3.63) is 59.5 Å². The molecule has 0 spiro atoms. The van der Waals surface area contributed by atoms with E-state index in [2.05, 4.69) is 0 Å². The van der Waals surface area contributed by atoms with E-state index in [1.54, 1.807) is 0 Å². The molecule has 1 aromatic carbocycles. The van der Waals surface area contributed by atoms with E-state index in [-0.39, 0.29) is 17.6 Å². The van der Waals surface area contributed by atoms with E-state index < -0.39 is 23.4 Å². The Morgan fingerprint density at radius 2 is 1.92 bits per heavy atom. The minimum Gasteiger partial charge on any atom is -0.459 e. The van der Waals surface area contributed by atoms with Gasteiger partial charge in [0.25, 0.3) is 0 Å². The van der Waals surface area contributed by atoms with Crippen molar-refractivity contribution in [3.63, 3.8) is 0 Å². The van der Waals surface area contributed by atoms with Gasteiger partial charge in [-0.1, -0.05) is 12.2 Å². The fourth-order valence-electron chi connectivity index (χ4n) is 2.58. The maximum atomic E-state index is 13.1. The van der Waals surface area contributed by atoms with Crippen molar-refractivity contribution in [1.29, 1.82) is 5.26 Å². The number of nitrogens with zero attached hydrogens (tertiary/aromatic N) is 1. The highest BCUT2D eigenvalue weighted by Gasteiger charge is 2.23. The minimum atomic E-state index is -1.09. The van der Waals surface area contributed by atoms with Gasteiger partial charge in [-0.05, 0) is 55.9 Å². The molecule has 0 unspecified atom stereocenters. The monoisotopic (exact) mass is 335 g/mol. The maximum Gasteiger partial charge on any atom is 0.338 e. The number of benzene rings is 1. The average molecular weight is 335 g/mol. The second kappa shape index (κ2) is 8.34. The first-order valence-corrected chi connectivity index (χ1v) is 7.59. The Morgan fingerprint density at radius 1 is 1.21 bits per heavy atom. The summed E-state index contributed by atoms with van der Waals surface area (Å²) >= 11 is 0. The van der Waals surface area contributed by atoms with E-state index in [4.69, 9.17) is 10.00 Å². The Balaban J connectivity index is 1.83. The van der Waals surface area contributed by atoms with Gasteiger partial charge in [0, 0.05) is 0 Å². The fraction of sp³-hybridized carbons (Fsp3) is 0.333. The summed E-state index contributed by atoms with van der Waals surface area (Å²) in [5.41, 5.74) is -0.0203.